The van der Waals surface area contributed by atoms with Crippen LogP contribution >= 0.6 is 0 Å². The van der Waals surface area contributed by atoms with Crippen LogP contribution in [0.3, 0.4) is 0 Å². The number of carbonyl (C=O) groups excluding carboxylic acids is 1. The number of nitrogens with one attached hydrogen (secondary N) is 1. The van der Waals surface area contributed by atoms with Gasteiger partial charge in [-0.2, -0.15) is 0 Å². The average molecular weight is 227 g/mol. The molecule has 0 bridgehead atoms. The number of benzene rings is 1. The first kappa shape index (κ1) is 9.72. The number of hydrogen-bond donors (Lipinski definition) is 1. The third-order valence-electron chi connectivity index (χ3n) is 2.46. The summed E-state index contributed by atoms with van der Waals surface area (Å²) in [7, 11) is 0. The SMILES string of the molecule is O=C(Oc1ccc2[nH]ccc2c1)c1ccco1. The van der Waals surface area contributed by atoms with E-state index >= 15 is 0 Å². The minimum atomic E-state index is -0.495. The van der Waals surface area contributed by atoms with Gasteiger partial charge in [0.15, 0.2) is 0 Å². The molecule has 4 heteroatoms. The van der Waals surface area contributed by atoms with E-state index in [9.17, 15) is 4.79 Å². The van der Waals surface area contributed by atoms with Crippen LogP contribution in [0.1, 0.15) is 10.6 Å². The zero-order valence-electron chi connectivity index (χ0n) is 8.84. The van der Waals surface area contributed by atoms with Gasteiger partial charge in [-0.1, -0.05) is 0 Å². The highest BCUT2D eigenvalue weighted by atomic mass is 16.5. The van der Waals surface area contributed by atoms with Gasteiger partial charge in [-0.3, -0.25) is 0 Å². The van der Waals surface area contributed by atoms with Crippen molar-refractivity contribution in [1.82, 2.24) is 4.98 Å². The molecule has 4 nitrogen and oxygen atoms in total. The molecule has 0 amide bonds. The molecule has 1 aromatic carbocycles. The monoisotopic (exact) mass is 227 g/mol. The van der Waals surface area contributed by atoms with Crippen LogP contribution in [-0.2, 0) is 0 Å². The Morgan fingerprint density at radius 3 is 3.00 bits per heavy atom. The lowest BCUT2D eigenvalue weighted by Crippen LogP contribution is -2.06. The number of esters is 1. The van der Waals surface area contributed by atoms with Gasteiger partial charge in [-0.25, -0.2) is 4.79 Å². The Labute approximate surface area is 96.8 Å². The van der Waals surface area contributed by atoms with E-state index in [4.69, 9.17) is 9.15 Å². The molecule has 84 valence electrons. The van der Waals surface area contributed by atoms with Gasteiger partial charge in [0.25, 0.3) is 0 Å². The zero-order valence-corrected chi connectivity index (χ0v) is 8.84. The summed E-state index contributed by atoms with van der Waals surface area (Å²) in [5, 5.41) is 0.995. The Morgan fingerprint density at radius 1 is 1.24 bits per heavy atom. The number of H-pyrrole nitrogens is 1. The molecule has 0 atom stereocenters. The number of carbonyl (C=O) groups is 1. The number of aromatic amines is 1. The highest BCUT2D eigenvalue weighted by Crippen LogP contribution is 2.20. The molecule has 1 N–H and O–H groups in total. The fraction of sp³-hybridized carbons (Fsp3) is 0. The van der Waals surface area contributed by atoms with Crippen LogP contribution in [0.15, 0.2) is 53.3 Å². The van der Waals surface area contributed by atoms with Crippen LogP contribution in [0, 0.1) is 0 Å². The van der Waals surface area contributed by atoms with Crippen LogP contribution < -0.4 is 4.74 Å². The second-order valence-electron chi connectivity index (χ2n) is 3.59. The quantitative estimate of drug-likeness (QED) is 0.541. The number of aromatic nitrogens is 1. The molecule has 0 saturated heterocycles. The second-order valence-corrected chi connectivity index (χ2v) is 3.59. The predicted molar refractivity (Wildman–Crippen MR) is 62.0 cm³/mol. The summed E-state index contributed by atoms with van der Waals surface area (Å²) in [6.45, 7) is 0. The summed E-state index contributed by atoms with van der Waals surface area (Å²) < 4.78 is 10.1. The molecular formula is C13H9NO3. The summed E-state index contributed by atoms with van der Waals surface area (Å²) in [5.74, 6) is 0.197. The van der Waals surface area contributed by atoms with Gasteiger partial charge in [0.2, 0.25) is 5.76 Å². The smallest absolute Gasteiger partial charge is 0.379 e. The van der Waals surface area contributed by atoms with Gasteiger partial charge in [0.05, 0.1) is 6.26 Å². The molecule has 3 aromatic rings. The van der Waals surface area contributed by atoms with Gasteiger partial charge in [0, 0.05) is 17.1 Å². The standard InChI is InChI=1S/C13H9NO3/c15-13(12-2-1-7-16-12)17-10-3-4-11-9(8-10)5-6-14-11/h1-8,14H. The first-order valence-corrected chi connectivity index (χ1v) is 5.16. The lowest BCUT2D eigenvalue weighted by molar-refractivity contribution is 0.0701. The van der Waals surface area contributed by atoms with E-state index in [1.165, 1.54) is 6.26 Å². The number of ether oxygens (including phenoxy) is 1. The maximum atomic E-state index is 11.6. The Balaban J connectivity index is 1.87. The fourth-order valence-electron chi connectivity index (χ4n) is 1.65. The predicted octanol–water partition coefficient (Wildman–Crippen LogP) is 2.98. The van der Waals surface area contributed by atoms with E-state index in [2.05, 4.69) is 4.98 Å². The van der Waals surface area contributed by atoms with Crippen LogP contribution in [0.2, 0.25) is 0 Å². The number of rotatable bonds is 2. The average Bonchev–Trinajstić information content (AvgIpc) is 2.99. The molecule has 0 fully saturated rings. The summed E-state index contributed by atoms with van der Waals surface area (Å²) in [5.41, 5.74) is 1.00. The minimum absolute atomic E-state index is 0.194. The van der Waals surface area contributed by atoms with Gasteiger partial charge >= 0.3 is 5.97 Å². The summed E-state index contributed by atoms with van der Waals surface area (Å²) in [4.78, 5) is 14.7. The molecule has 0 spiro atoms. The van der Waals surface area contributed by atoms with Crippen LogP contribution in [0.4, 0.5) is 0 Å². The lowest BCUT2D eigenvalue weighted by atomic mass is 10.2. The van der Waals surface area contributed by atoms with Crippen molar-refractivity contribution in [2.45, 2.75) is 0 Å². The molecule has 17 heavy (non-hydrogen) atoms. The molecule has 0 radical (unpaired) electrons. The Morgan fingerprint density at radius 2 is 2.18 bits per heavy atom. The van der Waals surface area contributed by atoms with Crippen molar-refractivity contribution in [1.29, 1.82) is 0 Å². The Kier molecular flexibility index (Phi) is 2.19. The maximum Gasteiger partial charge on any atom is 0.379 e. The van der Waals surface area contributed by atoms with Crippen molar-refractivity contribution in [3.05, 3.63) is 54.6 Å². The summed E-state index contributed by atoms with van der Waals surface area (Å²) >= 11 is 0. The van der Waals surface area contributed by atoms with Crippen LogP contribution in [-0.4, -0.2) is 11.0 Å². The van der Waals surface area contributed by atoms with Gasteiger partial charge in [-0.15, -0.1) is 0 Å². The fourth-order valence-corrected chi connectivity index (χ4v) is 1.65. The van der Waals surface area contributed by atoms with Crippen LogP contribution in [0.5, 0.6) is 5.75 Å². The van der Waals surface area contributed by atoms with Crippen molar-refractivity contribution in [3.8, 4) is 5.75 Å². The summed E-state index contributed by atoms with van der Waals surface area (Å²) in [6, 6.07) is 10.5. The van der Waals surface area contributed by atoms with Gasteiger partial charge in [0.1, 0.15) is 5.75 Å². The third kappa shape index (κ3) is 1.80. The van der Waals surface area contributed by atoms with Gasteiger partial charge < -0.3 is 14.1 Å². The highest BCUT2D eigenvalue weighted by Gasteiger charge is 2.11. The zero-order chi connectivity index (χ0) is 11.7. The van der Waals surface area contributed by atoms with Crippen molar-refractivity contribution >= 4 is 16.9 Å². The lowest BCUT2D eigenvalue weighted by Gasteiger charge is -2.01. The van der Waals surface area contributed by atoms with E-state index in [0.29, 0.717) is 5.75 Å². The van der Waals surface area contributed by atoms with E-state index in [1.807, 2.05) is 18.3 Å². The van der Waals surface area contributed by atoms with Crippen molar-refractivity contribution in [2.24, 2.45) is 0 Å². The summed E-state index contributed by atoms with van der Waals surface area (Å²) in [6.07, 6.45) is 3.27. The molecule has 0 aliphatic rings. The second kappa shape index (κ2) is 3.83. The van der Waals surface area contributed by atoms with E-state index in [-0.39, 0.29) is 5.76 Å². The van der Waals surface area contributed by atoms with E-state index in [0.717, 1.165) is 10.9 Å². The molecule has 3 rings (SSSR count). The number of furan rings is 1. The number of hydrogen-bond acceptors (Lipinski definition) is 3. The first-order chi connectivity index (χ1) is 8.33. The van der Waals surface area contributed by atoms with Gasteiger partial charge in [-0.05, 0) is 36.4 Å². The first-order valence-electron chi connectivity index (χ1n) is 5.16. The highest BCUT2D eigenvalue weighted by molar-refractivity contribution is 5.89. The Bertz CT molecular complexity index is 652. The van der Waals surface area contributed by atoms with Crippen LogP contribution in [0.25, 0.3) is 10.9 Å². The van der Waals surface area contributed by atoms with Crippen molar-refractivity contribution < 1.29 is 13.9 Å². The molecular weight excluding hydrogens is 218 g/mol. The normalized spacial score (nSPS) is 10.6. The molecule has 0 unspecified atom stereocenters. The number of fused-ring (bicyclic) bond motifs is 1. The molecule has 0 saturated carbocycles. The molecule has 0 aliphatic carbocycles. The van der Waals surface area contributed by atoms with Crippen molar-refractivity contribution in [2.75, 3.05) is 0 Å². The largest absolute Gasteiger partial charge is 0.457 e. The maximum absolute atomic E-state index is 11.6. The molecule has 0 aliphatic heterocycles. The minimum Gasteiger partial charge on any atom is -0.457 e. The van der Waals surface area contributed by atoms with E-state index < -0.39 is 5.97 Å². The van der Waals surface area contributed by atoms with Crippen molar-refractivity contribution in [3.63, 3.8) is 0 Å². The third-order valence-corrected chi connectivity index (χ3v) is 2.46. The van der Waals surface area contributed by atoms with E-state index in [1.54, 1.807) is 24.3 Å². The molecule has 2 heterocycles. The topological polar surface area (TPSA) is 55.2 Å². The molecule has 2 aromatic heterocycles. The Hall–Kier alpha value is -2.49.